The standard InChI is InChI=1S/C13H20N2OS/c1-9(2)8-15-6-4-10-5-7-17-12(10)11(14-3)13(15)16/h5,7,9,11,14H,4,6,8H2,1-3H3. The summed E-state index contributed by atoms with van der Waals surface area (Å²) in [5.41, 5.74) is 1.33. The van der Waals surface area contributed by atoms with E-state index in [1.807, 2.05) is 11.9 Å². The van der Waals surface area contributed by atoms with Crippen molar-refractivity contribution in [3.8, 4) is 0 Å². The molecule has 2 rings (SSSR count). The van der Waals surface area contributed by atoms with Crippen LogP contribution < -0.4 is 5.32 Å². The van der Waals surface area contributed by atoms with Crippen molar-refractivity contribution in [1.29, 1.82) is 0 Å². The second kappa shape index (κ2) is 5.19. The van der Waals surface area contributed by atoms with Gasteiger partial charge in [-0.1, -0.05) is 13.8 Å². The van der Waals surface area contributed by atoms with Crippen molar-refractivity contribution in [3.05, 3.63) is 21.9 Å². The van der Waals surface area contributed by atoms with Gasteiger partial charge in [0.15, 0.2) is 0 Å². The van der Waals surface area contributed by atoms with Gasteiger partial charge in [0.2, 0.25) is 5.91 Å². The second-order valence-electron chi connectivity index (χ2n) is 4.96. The zero-order valence-electron chi connectivity index (χ0n) is 10.7. The Balaban J connectivity index is 2.25. The third kappa shape index (κ3) is 2.53. The number of hydrogen-bond donors (Lipinski definition) is 1. The van der Waals surface area contributed by atoms with Crippen LogP contribution in [0.2, 0.25) is 0 Å². The molecule has 1 unspecified atom stereocenters. The number of rotatable bonds is 3. The van der Waals surface area contributed by atoms with E-state index in [2.05, 4.69) is 30.6 Å². The van der Waals surface area contributed by atoms with Gasteiger partial charge >= 0.3 is 0 Å². The predicted molar refractivity (Wildman–Crippen MR) is 71.2 cm³/mol. The number of carbonyl (C=O) groups is 1. The number of nitrogens with one attached hydrogen (secondary N) is 1. The van der Waals surface area contributed by atoms with Crippen molar-refractivity contribution in [3.63, 3.8) is 0 Å². The molecule has 0 aliphatic carbocycles. The number of likely N-dealkylation sites (N-methyl/N-ethyl adjacent to an activating group) is 1. The molecule has 0 fully saturated rings. The summed E-state index contributed by atoms with van der Waals surface area (Å²) in [6.07, 6.45) is 0.982. The normalized spacial score (nSPS) is 20.6. The zero-order chi connectivity index (χ0) is 12.4. The van der Waals surface area contributed by atoms with Crippen LogP contribution in [0.3, 0.4) is 0 Å². The van der Waals surface area contributed by atoms with Crippen LogP contribution >= 0.6 is 11.3 Å². The Kier molecular flexibility index (Phi) is 3.84. The van der Waals surface area contributed by atoms with E-state index in [9.17, 15) is 4.79 Å². The molecule has 1 aromatic rings. The molecule has 0 aromatic carbocycles. The van der Waals surface area contributed by atoms with Crippen molar-refractivity contribution >= 4 is 17.2 Å². The second-order valence-corrected chi connectivity index (χ2v) is 5.91. The highest BCUT2D eigenvalue weighted by Crippen LogP contribution is 2.29. The Bertz CT molecular complexity index is 400. The maximum absolute atomic E-state index is 12.4. The van der Waals surface area contributed by atoms with E-state index >= 15 is 0 Å². The largest absolute Gasteiger partial charge is 0.340 e. The maximum atomic E-state index is 12.4. The summed E-state index contributed by atoms with van der Waals surface area (Å²) >= 11 is 1.69. The minimum atomic E-state index is -0.147. The predicted octanol–water partition coefficient (Wildman–Crippen LogP) is 2.05. The van der Waals surface area contributed by atoms with Gasteiger partial charge in [-0.25, -0.2) is 0 Å². The fourth-order valence-electron chi connectivity index (χ4n) is 2.34. The molecule has 94 valence electrons. The molecule has 0 saturated heterocycles. The van der Waals surface area contributed by atoms with Crippen LogP contribution in [0.1, 0.15) is 30.3 Å². The summed E-state index contributed by atoms with van der Waals surface area (Å²) in [5, 5.41) is 5.24. The Morgan fingerprint density at radius 2 is 2.35 bits per heavy atom. The molecule has 3 nitrogen and oxygen atoms in total. The minimum Gasteiger partial charge on any atom is -0.340 e. The third-order valence-corrected chi connectivity index (χ3v) is 4.15. The highest BCUT2D eigenvalue weighted by atomic mass is 32.1. The van der Waals surface area contributed by atoms with E-state index in [1.54, 1.807) is 11.3 Å². The van der Waals surface area contributed by atoms with E-state index in [1.165, 1.54) is 10.4 Å². The molecule has 0 bridgehead atoms. The van der Waals surface area contributed by atoms with Gasteiger partial charge in [0.05, 0.1) is 0 Å². The van der Waals surface area contributed by atoms with Gasteiger partial charge in [-0.2, -0.15) is 0 Å². The van der Waals surface area contributed by atoms with Gasteiger partial charge in [0, 0.05) is 18.0 Å². The van der Waals surface area contributed by atoms with Gasteiger partial charge < -0.3 is 10.2 Å². The van der Waals surface area contributed by atoms with E-state index in [-0.39, 0.29) is 11.9 Å². The summed E-state index contributed by atoms with van der Waals surface area (Å²) in [6, 6.07) is 2.00. The molecule has 1 aliphatic heterocycles. The summed E-state index contributed by atoms with van der Waals surface area (Å²) in [5.74, 6) is 0.745. The molecular formula is C13H20N2OS. The molecule has 1 amide bonds. The van der Waals surface area contributed by atoms with Gasteiger partial charge in [0.25, 0.3) is 0 Å². The van der Waals surface area contributed by atoms with Crippen molar-refractivity contribution in [2.75, 3.05) is 20.1 Å². The van der Waals surface area contributed by atoms with E-state index in [0.29, 0.717) is 5.92 Å². The minimum absolute atomic E-state index is 0.147. The first kappa shape index (κ1) is 12.6. The summed E-state index contributed by atoms with van der Waals surface area (Å²) in [4.78, 5) is 15.6. The van der Waals surface area contributed by atoms with Crippen molar-refractivity contribution in [1.82, 2.24) is 10.2 Å². The van der Waals surface area contributed by atoms with Crippen molar-refractivity contribution < 1.29 is 4.79 Å². The van der Waals surface area contributed by atoms with Crippen LogP contribution in [0.15, 0.2) is 11.4 Å². The lowest BCUT2D eigenvalue weighted by Gasteiger charge is -2.25. The zero-order valence-corrected chi connectivity index (χ0v) is 11.5. The Morgan fingerprint density at radius 3 is 3.00 bits per heavy atom. The first-order valence-corrected chi connectivity index (χ1v) is 7.03. The average Bonchev–Trinajstić information content (AvgIpc) is 2.68. The SMILES string of the molecule is CNC1C(=O)N(CC(C)C)CCc2ccsc21. The smallest absolute Gasteiger partial charge is 0.245 e. The fraction of sp³-hybridized carbons (Fsp3) is 0.615. The highest BCUT2D eigenvalue weighted by molar-refractivity contribution is 7.10. The average molecular weight is 252 g/mol. The Hall–Kier alpha value is -0.870. The number of nitrogens with zero attached hydrogens (tertiary/aromatic N) is 1. The van der Waals surface area contributed by atoms with Crippen molar-refractivity contribution in [2.24, 2.45) is 5.92 Å². The number of thiophene rings is 1. The van der Waals surface area contributed by atoms with Crippen LogP contribution in [0.5, 0.6) is 0 Å². The monoisotopic (exact) mass is 252 g/mol. The van der Waals surface area contributed by atoms with Crippen molar-refractivity contribution in [2.45, 2.75) is 26.3 Å². The molecule has 4 heteroatoms. The van der Waals surface area contributed by atoms with Crippen LogP contribution in [0, 0.1) is 5.92 Å². The van der Waals surface area contributed by atoms with E-state index in [4.69, 9.17) is 0 Å². The topological polar surface area (TPSA) is 32.3 Å². The molecule has 0 radical (unpaired) electrons. The first-order valence-electron chi connectivity index (χ1n) is 6.15. The molecule has 1 aliphatic rings. The molecule has 1 aromatic heterocycles. The lowest BCUT2D eigenvalue weighted by molar-refractivity contribution is -0.133. The highest BCUT2D eigenvalue weighted by Gasteiger charge is 2.30. The lowest BCUT2D eigenvalue weighted by atomic mass is 10.1. The summed E-state index contributed by atoms with van der Waals surface area (Å²) in [6.45, 7) is 6.01. The van der Waals surface area contributed by atoms with E-state index < -0.39 is 0 Å². The first-order chi connectivity index (χ1) is 8.13. The molecular weight excluding hydrogens is 232 g/mol. The number of carbonyl (C=O) groups excluding carboxylic acids is 1. The van der Waals surface area contributed by atoms with Gasteiger partial charge in [-0.15, -0.1) is 11.3 Å². The van der Waals surface area contributed by atoms with Gasteiger partial charge in [-0.3, -0.25) is 4.79 Å². The number of hydrogen-bond acceptors (Lipinski definition) is 3. The Labute approximate surface area is 107 Å². The van der Waals surface area contributed by atoms with Crippen LogP contribution in [-0.4, -0.2) is 30.9 Å². The Morgan fingerprint density at radius 1 is 1.59 bits per heavy atom. The molecule has 2 heterocycles. The van der Waals surface area contributed by atoms with E-state index in [0.717, 1.165) is 19.5 Å². The summed E-state index contributed by atoms with van der Waals surface area (Å²) in [7, 11) is 1.87. The quantitative estimate of drug-likeness (QED) is 0.893. The van der Waals surface area contributed by atoms with Gasteiger partial charge in [0.1, 0.15) is 6.04 Å². The maximum Gasteiger partial charge on any atom is 0.245 e. The molecule has 17 heavy (non-hydrogen) atoms. The summed E-state index contributed by atoms with van der Waals surface area (Å²) < 4.78 is 0. The van der Waals surface area contributed by atoms with Gasteiger partial charge in [-0.05, 0) is 36.4 Å². The fourth-order valence-corrected chi connectivity index (χ4v) is 3.40. The molecule has 0 spiro atoms. The third-order valence-electron chi connectivity index (χ3n) is 3.13. The number of amides is 1. The van der Waals surface area contributed by atoms with Crippen LogP contribution in [-0.2, 0) is 11.2 Å². The molecule has 1 atom stereocenters. The van der Waals surface area contributed by atoms with Crippen LogP contribution in [0.4, 0.5) is 0 Å². The lowest BCUT2D eigenvalue weighted by Crippen LogP contribution is -2.40. The molecule has 0 saturated carbocycles. The van der Waals surface area contributed by atoms with Crippen LogP contribution in [0.25, 0.3) is 0 Å². The number of fused-ring (bicyclic) bond motifs is 1. The molecule has 1 N–H and O–H groups in total.